The van der Waals surface area contributed by atoms with E-state index in [1.54, 1.807) is 11.3 Å². The van der Waals surface area contributed by atoms with Crippen molar-refractivity contribution < 1.29 is 4.79 Å². The number of benzene rings is 1. The Morgan fingerprint density at radius 2 is 2.00 bits per heavy atom. The molecule has 2 rings (SSSR count). The molecule has 2 N–H and O–H groups in total. The van der Waals surface area contributed by atoms with Crippen molar-refractivity contribution in [3.63, 3.8) is 0 Å². The summed E-state index contributed by atoms with van der Waals surface area (Å²) in [4.78, 5) is 12.1. The highest BCUT2D eigenvalue weighted by Gasteiger charge is 2.05. The molecule has 5 heteroatoms. The predicted molar refractivity (Wildman–Crippen MR) is 77.4 cm³/mol. The van der Waals surface area contributed by atoms with Crippen LogP contribution in [0.25, 0.3) is 0 Å². The number of amides is 1. The van der Waals surface area contributed by atoms with E-state index >= 15 is 0 Å². The van der Waals surface area contributed by atoms with E-state index in [9.17, 15) is 4.79 Å². The van der Waals surface area contributed by atoms with Gasteiger partial charge in [0.2, 0.25) is 5.91 Å². The van der Waals surface area contributed by atoms with E-state index in [1.807, 2.05) is 35.7 Å². The Kier molecular flexibility index (Phi) is 4.23. The Labute approximate surface area is 115 Å². The molecule has 0 aliphatic rings. The number of nitrogens with one attached hydrogen (secondary N) is 2. The first-order valence-corrected chi connectivity index (χ1v) is 6.74. The number of thiophene rings is 1. The topological polar surface area (TPSA) is 41.1 Å². The minimum atomic E-state index is -0.0545. The number of halogens is 1. The fourth-order valence-corrected chi connectivity index (χ4v) is 2.42. The molecular formula is C13H13ClN2OS. The Balaban J connectivity index is 1.99. The second-order valence-corrected chi connectivity index (χ2v) is 5.24. The van der Waals surface area contributed by atoms with E-state index in [4.69, 9.17) is 11.6 Å². The summed E-state index contributed by atoms with van der Waals surface area (Å²) in [5.74, 6) is -0.0545. The highest BCUT2D eigenvalue weighted by Crippen LogP contribution is 2.23. The van der Waals surface area contributed by atoms with Gasteiger partial charge in [-0.05, 0) is 35.7 Å². The molecule has 2 aromatic rings. The van der Waals surface area contributed by atoms with Gasteiger partial charge in [-0.2, -0.15) is 0 Å². The quantitative estimate of drug-likeness (QED) is 0.890. The molecule has 1 aromatic carbocycles. The maximum atomic E-state index is 11.0. The summed E-state index contributed by atoms with van der Waals surface area (Å²) in [5.41, 5.74) is 1.87. The molecule has 94 valence electrons. The minimum Gasteiger partial charge on any atom is -0.380 e. The molecule has 0 spiro atoms. The van der Waals surface area contributed by atoms with Crippen LogP contribution in [-0.2, 0) is 11.3 Å². The summed E-state index contributed by atoms with van der Waals surface area (Å²) < 4.78 is 0. The van der Waals surface area contributed by atoms with Crippen LogP contribution in [0.2, 0.25) is 5.02 Å². The van der Waals surface area contributed by atoms with Crippen LogP contribution in [0.1, 0.15) is 11.8 Å². The van der Waals surface area contributed by atoms with Crippen LogP contribution in [0, 0.1) is 0 Å². The molecule has 0 bridgehead atoms. The van der Waals surface area contributed by atoms with E-state index in [-0.39, 0.29) is 5.91 Å². The van der Waals surface area contributed by atoms with Crippen LogP contribution in [0.5, 0.6) is 0 Å². The van der Waals surface area contributed by atoms with Gasteiger partial charge in [-0.25, -0.2) is 0 Å². The fraction of sp³-hybridized carbons (Fsp3) is 0.154. The highest BCUT2D eigenvalue weighted by molar-refractivity contribution is 7.10. The first kappa shape index (κ1) is 12.9. The average molecular weight is 281 g/mol. The van der Waals surface area contributed by atoms with E-state index < -0.39 is 0 Å². The summed E-state index contributed by atoms with van der Waals surface area (Å²) in [6.07, 6.45) is 0. The van der Waals surface area contributed by atoms with E-state index in [0.717, 1.165) is 21.3 Å². The zero-order valence-corrected chi connectivity index (χ0v) is 11.4. The second-order valence-electron chi connectivity index (χ2n) is 3.80. The third-order valence-corrected chi connectivity index (χ3v) is 3.53. The maximum Gasteiger partial charge on any atom is 0.221 e. The molecule has 0 saturated carbocycles. The second kappa shape index (κ2) is 5.89. The molecule has 1 heterocycles. The van der Waals surface area contributed by atoms with Crippen molar-refractivity contribution in [2.24, 2.45) is 0 Å². The van der Waals surface area contributed by atoms with E-state index in [2.05, 4.69) is 10.6 Å². The third kappa shape index (κ3) is 3.48. The van der Waals surface area contributed by atoms with Crippen LogP contribution in [0.15, 0.2) is 35.7 Å². The van der Waals surface area contributed by atoms with Gasteiger partial charge in [0.15, 0.2) is 0 Å². The van der Waals surface area contributed by atoms with Crippen molar-refractivity contribution in [2.45, 2.75) is 13.5 Å². The van der Waals surface area contributed by atoms with Gasteiger partial charge in [0, 0.05) is 22.5 Å². The normalized spacial score (nSPS) is 10.1. The number of rotatable bonds is 4. The van der Waals surface area contributed by atoms with Crippen molar-refractivity contribution in [3.05, 3.63) is 45.6 Å². The first-order chi connectivity index (χ1) is 8.65. The molecule has 0 aliphatic carbocycles. The average Bonchev–Trinajstić information content (AvgIpc) is 2.75. The molecule has 1 amide bonds. The molecular weight excluding hydrogens is 268 g/mol. The van der Waals surface area contributed by atoms with Crippen LogP contribution < -0.4 is 10.6 Å². The van der Waals surface area contributed by atoms with E-state index in [0.29, 0.717) is 6.54 Å². The lowest BCUT2D eigenvalue weighted by Crippen LogP contribution is -2.08. The Hall–Kier alpha value is -1.52. The molecule has 0 fully saturated rings. The molecule has 0 saturated heterocycles. The van der Waals surface area contributed by atoms with Gasteiger partial charge in [0.1, 0.15) is 0 Å². The molecule has 0 radical (unpaired) electrons. The molecule has 0 unspecified atom stereocenters. The zero-order chi connectivity index (χ0) is 13.0. The van der Waals surface area contributed by atoms with Crippen molar-refractivity contribution in [3.8, 4) is 0 Å². The van der Waals surface area contributed by atoms with Crippen LogP contribution >= 0.6 is 22.9 Å². The Morgan fingerprint density at radius 1 is 1.28 bits per heavy atom. The first-order valence-electron chi connectivity index (χ1n) is 5.48. The minimum absolute atomic E-state index is 0.0545. The molecule has 18 heavy (non-hydrogen) atoms. The predicted octanol–water partition coefficient (Wildman–Crippen LogP) is 3.97. The Morgan fingerprint density at radius 3 is 2.67 bits per heavy atom. The summed E-state index contributed by atoms with van der Waals surface area (Å²) in [6, 6.07) is 9.44. The summed E-state index contributed by atoms with van der Waals surface area (Å²) in [6.45, 7) is 2.18. The molecule has 0 atom stereocenters. The molecule has 0 aliphatic heterocycles. The summed E-state index contributed by atoms with van der Waals surface area (Å²) in [7, 11) is 0. The maximum absolute atomic E-state index is 11.0. The van der Waals surface area contributed by atoms with Gasteiger partial charge in [-0.1, -0.05) is 11.6 Å². The van der Waals surface area contributed by atoms with Crippen molar-refractivity contribution in [1.82, 2.24) is 0 Å². The lowest BCUT2D eigenvalue weighted by molar-refractivity contribution is -0.114. The Bertz CT molecular complexity index is 536. The van der Waals surface area contributed by atoms with Crippen LogP contribution in [0.4, 0.5) is 11.4 Å². The fourth-order valence-electron chi connectivity index (χ4n) is 1.53. The van der Waals surface area contributed by atoms with Gasteiger partial charge in [-0.3, -0.25) is 4.79 Å². The number of hydrogen-bond donors (Lipinski definition) is 2. The highest BCUT2D eigenvalue weighted by atomic mass is 35.5. The number of anilines is 2. The molecule has 1 aromatic heterocycles. The SMILES string of the molecule is CC(=O)Nc1ccsc1CNc1ccc(Cl)cc1. The number of carbonyl (C=O) groups excluding carboxylic acids is 1. The third-order valence-electron chi connectivity index (χ3n) is 2.35. The van der Waals surface area contributed by atoms with Crippen molar-refractivity contribution in [1.29, 1.82) is 0 Å². The van der Waals surface area contributed by atoms with Gasteiger partial charge < -0.3 is 10.6 Å². The lowest BCUT2D eigenvalue weighted by Gasteiger charge is -2.07. The van der Waals surface area contributed by atoms with Crippen molar-refractivity contribution >= 4 is 40.2 Å². The number of carbonyl (C=O) groups is 1. The summed E-state index contributed by atoms with van der Waals surface area (Å²) in [5, 5.41) is 8.78. The lowest BCUT2D eigenvalue weighted by atomic mass is 10.3. The van der Waals surface area contributed by atoms with Gasteiger partial charge in [0.25, 0.3) is 0 Å². The molecule has 3 nitrogen and oxygen atoms in total. The van der Waals surface area contributed by atoms with Crippen molar-refractivity contribution in [2.75, 3.05) is 10.6 Å². The largest absolute Gasteiger partial charge is 0.380 e. The monoisotopic (exact) mass is 280 g/mol. The number of hydrogen-bond acceptors (Lipinski definition) is 3. The smallest absolute Gasteiger partial charge is 0.221 e. The summed E-state index contributed by atoms with van der Waals surface area (Å²) >= 11 is 7.43. The van der Waals surface area contributed by atoms with Crippen LogP contribution in [0.3, 0.4) is 0 Å². The van der Waals surface area contributed by atoms with Crippen LogP contribution in [-0.4, -0.2) is 5.91 Å². The van der Waals surface area contributed by atoms with Gasteiger partial charge >= 0.3 is 0 Å². The zero-order valence-electron chi connectivity index (χ0n) is 9.87. The van der Waals surface area contributed by atoms with Gasteiger partial charge in [-0.15, -0.1) is 11.3 Å². The standard InChI is InChI=1S/C13H13ClN2OS/c1-9(17)16-12-6-7-18-13(12)8-15-11-4-2-10(14)3-5-11/h2-7,15H,8H2,1H3,(H,16,17). The van der Waals surface area contributed by atoms with Gasteiger partial charge in [0.05, 0.1) is 12.2 Å². The van der Waals surface area contributed by atoms with E-state index in [1.165, 1.54) is 6.92 Å².